The summed E-state index contributed by atoms with van der Waals surface area (Å²) in [6, 6.07) is 7.28. The van der Waals surface area contributed by atoms with E-state index in [1.54, 1.807) is 21.9 Å². The summed E-state index contributed by atoms with van der Waals surface area (Å²) in [5.41, 5.74) is 0.669. The molecule has 1 saturated heterocycles. The first-order chi connectivity index (χ1) is 16.1. The molecule has 34 heavy (non-hydrogen) atoms. The normalized spacial score (nSPS) is 22.0. The molecule has 3 rings (SSSR count). The molecule has 0 radical (unpaired) electrons. The minimum Gasteiger partial charge on any atom is -0.444 e. The average molecular weight is 474 g/mol. The Kier molecular flexibility index (Phi) is 9.95. The topological polar surface area (TPSA) is 79.0 Å². The van der Waals surface area contributed by atoms with Crippen molar-refractivity contribution in [3.05, 3.63) is 29.8 Å². The van der Waals surface area contributed by atoms with Gasteiger partial charge in [0.1, 0.15) is 5.60 Å². The molecule has 1 saturated carbocycles. The number of nitrogens with zero attached hydrogens (tertiary/aromatic N) is 2. The Morgan fingerprint density at radius 1 is 1.15 bits per heavy atom. The van der Waals surface area contributed by atoms with E-state index in [4.69, 9.17) is 4.74 Å². The highest BCUT2D eigenvalue weighted by Crippen LogP contribution is 2.29. The Labute approximate surface area is 205 Å². The molecule has 3 atom stereocenters. The average Bonchev–Trinajstić information content (AvgIpc) is 3.44. The van der Waals surface area contributed by atoms with E-state index in [2.05, 4.69) is 12.2 Å². The van der Waals surface area contributed by atoms with Gasteiger partial charge < -0.3 is 19.9 Å². The molecule has 0 aromatic heterocycles. The smallest absolute Gasteiger partial charge is 0.410 e. The van der Waals surface area contributed by atoms with Crippen molar-refractivity contribution in [3.63, 3.8) is 0 Å². The van der Waals surface area contributed by atoms with E-state index in [1.807, 2.05) is 46.8 Å². The summed E-state index contributed by atoms with van der Waals surface area (Å²) in [6.45, 7) is 14.2. The molecule has 1 aliphatic carbocycles. The SMILES string of the molecule is CC.CCC1CCC(NC(=O)c2cccc(N(C(C)=O)C3CCN(C(=O)OC(C)(C)C)C3)c2)C1. The molecule has 2 fully saturated rings. The summed E-state index contributed by atoms with van der Waals surface area (Å²) >= 11 is 0. The number of anilines is 1. The standard InChI is InChI=1S/C25H37N3O4.C2H6/c1-6-18-10-11-20(14-18)26-23(30)19-8-7-9-21(15-19)28(17(2)29)22-12-13-27(16-22)24(31)32-25(3,4)5;1-2/h7-9,15,18,20,22H,6,10-14,16H2,1-5H3,(H,26,30);1-2H3. The first-order valence-corrected chi connectivity index (χ1v) is 12.8. The van der Waals surface area contributed by atoms with Crippen LogP contribution in [-0.2, 0) is 9.53 Å². The lowest BCUT2D eigenvalue weighted by atomic mass is 10.1. The van der Waals surface area contributed by atoms with Gasteiger partial charge in [-0.2, -0.15) is 0 Å². The highest BCUT2D eigenvalue weighted by atomic mass is 16.6. The molecule has 2 aliphatic rings. The van der Waals surface area contributed by atoms with Crippen molar-refractivity contribution in [2.45, 2.75) is 98.3 Å². The summed E-state index contributed by atoms with van der Waals surface area (Å²) in [5, 5.41) is 3.16. The van der Waals surface area contributed by atoms with Crippen molar-refractivity contribution in [3.8, 4) is 0 Å². The Morgan fingerprint density at radius 2 is 1.85 bits per heavy atom. The number of carbonyl (C=O) groups is 3. The van der Waals surface area contributed by atoms with Crippen LogP contribution in [0.5, 0.6) is 0 Å². The van der Waals surface area contributed by atoms with Gasteiger partial charge in [-0.1, -0.05) is 33.3 Å². The van der Waals surface area contributed by atoms with E-state index >= 15 is 0 Å². The van der Waals surface area contributed by atoms with Crippen LogP contribution in [0.4, 0.5) is 10.5 Å². The molecule has 1 aromatic carbocycles. The summed E-state index contributed by atoms with van der Waals surface area (Å²) < 4.78 is 5.48. The zero-order chi connectivity index (χ0) is 25.5. The molecule has 3 unspecified atom stereocenters. The van der Waals surface area contributed by atoms with Crippen LogP contribution in [0.15, 0.2) is 24.3 Å². The fraction of sp³-hybridized carbons (Fsp3) is 0.667. The maximum atomic E-state index is 12.9. The lowest BCUT2D eigenvalue weighted by Crippen LogP contribution is -2.43. The van der Waals surface area contributed by atoms with Crippen molar-refractivity contribution >= 4 is 23.6 Å². The molecule has 0 bridgehead atoms. The van der Waals surface area contributed by atoms with E-state index in [-0.39, 0.29) is 30.0 Å². The molecule has 190 valence electrons. The number of hydrogen-bond donors (Lipinski definition) is 1. The number of ether oxygens (including phenoxy) is 1. The van der Waals surface area contributed by atoms with Gasteiger partial charge in [-0.15, -0.1) is 0 Å². The third-order valence-electron chi connectivity index (χ3n) is 6.36. The van der Waals surface area contributed by atoms with Crippen LogP contribution in [0, 0.1) is 5.92 Å². The van der Waals surface area contributed by atoms with Crippen molar-refractivity contribution in [2.24, 2.45) is 5.92 Å². The number of carbonyl (C=O) groups excluding carboxylic acids is 3. The number of hydrogen-bond acceptors (Lipinski definition) is 4. The molecule has 3 amide bonds. The minimum atomic E-state index is -0.562. The first-order valence-electron chi connectivity index (χ1n) is 12.8. The highest BCUT2D eigenvalue weighted by Gasteiger charge is 2.35. The maximum absolute atomic E-state index is 12.9. The van der Waals surface area contributed by atoms with Crippen LogP contribution in [0.1, 0.15) is 90.9 Å². The Morgan fingerprint density at radius 3 is 2.44 bits per heavy atom. The van der Waals surface area contributed by atoms with Gasteiger partial charge >= 0.3 is 6.09 Å². The number of likely N-dealkylation sites (tertiary alicyclic amines) is 1. The molecule has 1 aromatic rings. The van der Waals surface area contributed by atoms with Gasteiger partial charge in [-0.05, 0) is 70.6 Å². The quantitative estimate of drug-likeness (QED) is 0.622. The molecule has 1 aliphatic heterocycles. The molecular formula is C27H43N3O4. The molecule has 7 nitrogen and oxygen atoms in total. The van der Waals surface area contributed by atoms with Gasteiger partial charge in [-0.25, -0.2) is 4.79 Å². The van der Waals surface area contributed by atoms with E-state index < -0.39 is 5.60 Å². The van der Waals surface area contributed by atoms with Crippen LogP contribution in [0.2, 0.25) is 0 Å². The van der Waals surface area contributed by atoms with Crippen LogP contribution in [-0.4, -0.2) is 53.6 Å². The first kappa shape index (κ1) is 27.7. The second-order valence-electron chi connectivity index (χ2n) is 10.1. The van der Waals surface area contributed by atoms with Gasteiger partial charge in [0.15, 0.2) is 0 Å². The summed E-state index contributed by atoms with van der Waals surface area (Å²) in [7, 11) is 0. The van der Waals surface area contributed by atoms with Gasteiger partial charge in [0.25, 0.3) is 5.91 Å². The summed E-state index contributed by atoms with van der Waals surface area (Å²) in [5.74, 6) is 0.481. The second-order valence-corrected chi connectivity index (χ2v) is 10.1. The monoisotopic (exact) mass is 473 g/mol. The van der Waals surface area contributed by atoms with Crippen LogP contribution >= 0.6 is 0 Å². The Balaban J connectivity index is 0.00000199. The Hall–Kier alpha value is -2.57. The van der Waals surface area contributed by atoms with Gasteiger partial charge in [-0.3, -0.25) is 9.59 Å². The lowest BCUT2D eigenvalue weighted by Gasteiger charge is -2.29. The van der Waals surface area contributed by atoms with Crippen LogP contribution < -0.4 is 10.2 Å². The second kappa shape index (κ2) is 12.2. The predicted octanol–water partition coefficient (Wildman–Crippen LogP) is 5.38. The van der Waals surface area contributed by atoms with Crippen molar-refractivity contribution < 1.29 is 19.1 Å². The highest BCUT2D eigenvalue weighted by molar-refractivity contribution is 5.98. The fourth-order valence-corrected chi connectivity index (χ4v) is 4.74. The number of benzene rings is 1. The van der Waals surface area contributed by atoms with E-state index in [0.717, 1.165) is 25.7 Å². The Bertz CT molecular complexity index is 849. The van der Waals surface area contributed by atoms with Gasteiger partial charge in [0, 0.05) is 37.3 Å². The fourth-order valence-electron chi connectivity index (χ4n) is 4.74. The molecule has 1 heterocycles. The third kappa shape index (κ3) is 7.47. The molecular weight excluding hydrogens is 430 g/mol. The predicted molar refractivity (Wildman–Crippen MR) is 136 cm³/mol. The number of rotatable bonds is 5. The zero-order valence-electron chi connectivity index (χ0n) is 22.0. The third-order valence-corrected chi connectivity index (χ3v) is 6.36. The van der Waals surface area contributed by atoms with E-state index in [1.165, 1.54) is 6.92 Å². The van der Waals surface area contributed by atoms with Crippen molar-refractivity contribution in [1.82, 2.24) is 10.2 Å². The molecule has 0 spiro atoms. The largest absolute Gasteiger partial charge is 0.444 e. The van der Waals surface area contributed by atoms with Crippen LogP contribution in [0.25, 0.3) is 0 Å². The van der Waals surface area contributed by atoms with Gasteiger partial charge in [0.2, 0.25) is 5.91 Å². The van der Waals surface area contributed by atoms with E-state index in [9.17, 15) is 14.4 Å². The number of nitrogens with one attached hydrogen (secondary N) is 1. The lowest BCUT2D eigenvalue weighted by molar-refractivity contribution is -0.117. The minimum absolute atomic E-state index is 0.0982. The summed E-state index contributed by atoms with van der Waals surface area (Å²) in [4.78, 5) is 41.2. The molecule has 7 heteroatoms. The van der Waals surface area contributed by atoms with Crippen molar-refractivity contribution in [2.75, 3.05) is 18.0 Å². The van der Waals surface area contributed by atoms with Crippen molar-refractivity contribution in [1.29, 1.82) is 0 Å². The van der Waals surface area contributed by atoms with Crippen LogP contribution in [0.3, 0.4) is 0 Å². The van der Waals surface area contributed by atoms with E-state index in [0.29, 0.717) is 36.7 Å². The molecule has 1 N–H and O–H groups in total. The maximum Gasteiger partial charge on any atom is 0.410 e. The van der Waals surface area contributed by atoms with Gasteiger partial charge in [0.05, 0.1) is 6.04 Å². The number of amides is 3. The zero-order valence-corrected chi connectivity index (χ0v) is 22.0. The summed E-state index contributed by atoms with van der Waals surface area (Å²) in [6.07, 6.45) is 4.66.